The topological polar surface area (TPSA) is 33.7 Å². The minimum absolute atomic E-state index is 0.547. The van der Waals surface area contributed by atoms with Gasteiger partial charge < -0.3 is 14.8 Å². The lowest BCUT2D eigenvalue weighted by atomic mass is 10.1. The Hall–Kier alpha value is -0.160. The highest BCUT2D eigenvalue weighted by Gasteiger charge is 2.24. The standard InChI is InChI=1S/C12H24N2O2/c1-10(7-13-12-3-5-15-9-12)14-4-6-16-8-11(14)2/h10-13H,3-9H2,1-2H3. The van der Waals surface area contributed by atoms with Crippen LogP contribution >= 0.6 is 0 Å². The van der Waals surface area contributed by atoms with E-state index in [0.717, 1.165) is 45.9 Å². The number of nitrogens with one attached hydrogen (secondary N) is 1. The Balaban J connectivity index is 1.71. The maximum atomic E-state index is 5.46. The van der Waals surface area contributed by atoms with Gasteiger partial charge >= 0.3 is 0 Å². The molecular weight excluding hydrogens is 204 g/mol. The van der Waals surface area contributed by atoms with Crippen molar-refractivity contribution in [3.05, 3.63) is 0 Å². The molecule has 2 aliphatic rings. The molecule has 1 N–H and O–H groups in total. The minimum atomic E-state index is 0.547. The van der Waals surface area contributed by atoms with E-state index in [1.807, 2.05) is 0 Å². The first-order chi connectivity index (χ1) is 7.77. The predicted octanol–water partition coefficient (Wildman–Crippen LogP) is 0.474. The van der Waals surface area contributed by atoms with Gasteiger partial charge in [0, 0.05) is 37.8 Å². The number of rotatable bonds is 4. The van der Waals surface area contributed by atoms with Gasteiger partial charge in [-0.15, -0.1) is 0 Å². The smallest absolute Gasteiger partial charge is 0.0620 e. The van der Waals surface area contributed by atoms with Crippen molar-refractivity contribution in [2.45, 2.75) is 38.4 Å². The molecule has 3 unspecified atom stereocenters. The molecule has 2 fully saturated rings. The van der Waals surface area contributed by atoms with Crippen LogP contribution in [0.4, 0.5) is 0 Å². The maximum absolute atomic E-state index is 5.46. The van der Waals surface area contributed by atoms with Gasteiger partial charge in [0.1, 0.15) is 0 Å². The first-order valence-electron chi connectivity index (χ1n) is 6.42. The maximum Gasteiger partial charge on any atom is 0.0620 e. The lowest BCUT2D eigenvalue weighted by molar-refractivity contribution is -0.0185. The molecule has 16 heavy (non-hydrogen) atoms. The van der Waals surface area contributed by atoms with Gasteiger partial charge in [0.05, 0.1) is 19.8 Å². The lowest BCUT2D eigenvalue weighted by Gasteiger charge is -2.38. The molecule has 4 nitrogen and oxygen atoms in total. The number of hydrogen-bond acceptors (Lipinski definition) is 4. The van der Waals surface area contributed by atoms with Crippen LogP contribution in [0.25, 0.3) is 0 Å². The summed E-state index contributed by atoms with van der Waals surface area (Å²) in [6, 6.07) is 1.70. The Morgan fingerprint density at radius 3 is 2.81 bits per heavy atom. The number of hydrogen-bond donors (Lipinski definition) is 1. The molecule has 2 rings (SSSR count). The zero-order chi connectivity index (χ0) is 11.4. The van der Waals surface area contributed by atoms with Crippen LogP contribution < -0.4 is 5.32 Å². The van der Waals surface area contributed by atoms with Crippen molar-refractivity contribution in [2.24, 2.45) is 0 Å². The molecule has 0 aromatic rings. The van der Waals surface area contributed by atoms with E-state index >= 15 is 0 Å². The molecule has 2 saturated heterocycles. The summed E-state index contributed by atoms with van der Waals surface area (Å²) in [7, 11) is 0. The zero-order valence-corrected chi connectivity index (χ0v) is 10.4. The second kappa shape index (κ2) is 5.96. The molecule has 0 aromatic heterocycles. The van der Waals surface area contributed by atoms with E-state index in [4.69, 9.17) is 9.47 Å². The first-order valence-corrected chi connectivity index (χ1v) is 6.42. The fourth-order valence-corrected chi connectivity index (χ4v) is 2.54. The van der Waals surface area contributed by atoms with Crippen LogP contribution in [0.1, 0.15) is 20.3 Å². The monoisotopic (exact) mass is 228 g/mol. The van der Waals surface area contributed by atoms with Crippen LogP contribution in [0.5, 0.6) is 0 Å². The third kappa shape index (κ3) is 3.17. The van der Waals surface area contributed by atoms with Crippen LogP contribution in [0.15, 0.2) is 0 Å². The predicted molar refractivity (Wildman–Crippen MR) is 63.7 cm³/mol. The number of morpholine rings is 1. The van der Waals surface area contributed by atoms with E-state index in [2.05, 4.69) is 24.1 Å². The molecule has 2 aliphatic heterocycles. The van der Waals surface area contributed by atoms with Crippen molar-refractivity contribution in [1.29, 1.82) is 0 Å². The fourth-order valence-electron chi connectivity index (χ4n) is 2.54. The van der Waals surface area contributed by atoms with Crippen LogP contribution in [0, 0.1) is 0 Å². The molecular formula is C12H24N2O2. The van der Waals surface area contributed by atoms with Gasteiger partial charge in [-0.25, -0.2) is 0 Å². The SMILES string of the molecule is CC(CNC1CCOC1)N1CCOCC1C. The molecule has 0 radical (unpaired) electrons. The second-order valence-corrected chi connectivity index (χ2v) is 4.98. The highest BCUT2D eigenvalue weighted by Crippen LogP contribution is 2.11. The number of nitrogens with zero attached hydrogens (tertiary/aromatic N) is 1. The summed E-state index contributed by atoms with van der Waals surface area (Å²) >= 11 is 0. The van der Waals surface area contributed by atoms with Crippen LogP contribution in [-0.2, 0) is 9.47 Å². The molecule has 3 atom stereocenters. The highest BCUT2D eigenvalue weighted by atomic mass is 16.5. The molecule has 0 aliphatic carbocycles. The van der Waals surface area contributed by atoms with Crippen molar-refractivity contribution >= 4 is 0 Å². The van der Waals surface area contributed by atoms with E-state index in [1.165, 1.54) is 0 Å². The van der Waals surface area contributed by atoms with Gasteiger partial charge in [-0.2, -0.15) is 0 Å². The van der Waals surface area contributed by atoms with E-state index < -0.39 is 0 Å². The summed E-state index contributed by atoms with van der Waals surface area (Å²) in [6.45, 7) is 10.2. The average Bonchev–Trinajstić information content (AvgIpc) is 2.79. The Labute approximate surface area is 98.3 Å². The van der Waals surface area contributed by atoms with Gasteiger partial charge in [0.25, 0.3) is 0 Å². The quantitative estimate of drug-likeness (QED) is 0.758. The van der Waals surface area contributed by atoms with E-state index in [0.29, 0.717) is 18.1 Å². The summed E-state index contributed by atoms with van der Waals surface area (Å²) in [6.07, 6.45) is 1.16. The van der Waals surface area contributed by atoms with Crippen molar-refractivity contribution in [3.8, 4) is 0 Å². The number of ether oxygens (including phenoxy) is 2. The largest absolute Gasteiger partial charge is 0.380 e. The average molecular weight is 228 g/mol. The molecule has 0 amide bonds. The molecule has 4 heteroatoms. The lowest BCUT2D eigenvalue weighted by Crippen LogP contribution is -2.52. The van der Waals surface area contributed by atoms with E-state index in [-0.39, 0.29) is 0 Å². The van der Waals surface area contributed by atoms with Crippen molar-refractivity contribution in [2.75, 3.05) is 39.5 Å². The molecule has 0 spiro atoms. The molecule has 2 heterocycles. The van der Waals surface area contributed by atoms with Crippen LogP contribution in [0.3, 0.4) is 0 Å². The Kier molecular flexibility index (Phi) is 4.58. The summed E-state index contributed by atoms with van der Waals surface area (Å²) < 4.78 is 10.8. The van der Waals surface area contributed by atoms with Gasteiger partial charge in [0.2, 0.25) is 0 Å². The molecule has 0 saturated carbocycles. The summed E-state index contributed by atoms with van der Waals surface area (Å²) in [5.74, 6) is 0. The van der Waals surface area contributed by atoms with Gasteiger partial charge in [-0.1, -0.05) is 0 Å². The highest BCUT2D eigenvalue weighted by molar-refractivity contribution is 4.80. The summed E-state index contributed by atoms with van der Waals surface area (Å²) in [4.78, 5) is 2.53. The third-order valence-electron chi connectivity index (χ3n) is 3.62. The van der Waals surface area contributed by atoms with Crippen molar-refractivity contribution < 1.29 is 9.47 Å². The second-order valence-electron chi connectivity index (χ2n) is 4.98. The third-order valence-corrected chi connectivity index (χ3v) is 3.62. The normalized spacial score (nSPS) is 34.1. The van der Waals surface area contributed by atoms with Crippen LogP contribution in [-0.4, -0.2) is 62.5 Å². The van der Waals surface area contributed by atoms with E-state index in [9.17, 15) is 0 Å². The van der Waals surface area contributed by atoms with Gasteiger partial charge in [-0.05, 0) is 20.3 Å². The fraction of sp³-hybridized carbons (Fsp3) is 1.00. The zero-order valence-electron chi connectivity index (χ0n) is 10.4. The minimum Gasteiger partial charge on any atom is -0.380 e. The van der Waals surface area contributed by atoms with Gasteiger partial charge in [0.15, 0.2) is 0 Å². The molecule has 0 bridgehead atoms. The Morgan fingerprint density at radius 1 is 1.31 bits per heavy atom. The summed E-state index contributed by atoms with van der Waals surface area (Å²) in [5, 5.41) is 3.59. The molecule has 94 valence electrons. The first kappa shape index (κ1) is 12.3. The summed E-state index contributed by atoms with van der Waals surface area (Å²) in [5.41, 5.74) is 0. The molecule has 0 aromatic carbocycles. The Morgan fingerprint density at radius 2 is 2.12 bits per heavy atom. The van der Waals surface area contributed by atoms with E-state index in [1.54, 1.807) is 0 Å². The van der Waals surface area contributed by atoms with Crippen LogP contribution in [0.2, 0.25) is 0 Å². The van der Waals surface area contributed by atoms with Gasteiger partial charge in [-0.3, -0.25) is 4.90 Å². The Bertz CT molecular complexity index is 207. The van der Waals surface area contributed by atoms with Crippen molar-refractivity contribution in [3.63, 3.8) is 0 Å². The van der Waals surface area contributed by atoms with Crippen molar-refractivity contribution in [1.82, 2.24) is 10.2 Å².